The molecule has 0 aliphatic heterocycles. The second-order valence-corrected chi connectivity index (χ2v) is 9.97. The van der Waals surface area contributed by atoms with Gasteiger partial charge in [0.1, 0.15) is 11.4 Å². The SMILES string of the molecule is CN(C)C(=O)c1cc(NC(=O)c2cc(NC(=O)c3ccc(/C=C/c4cnc5ccccc5c4)cc3)cn2C)cn1C. The Hall–Kier alpha value is -5.44. The number of hydrogen-bond donors (Lipinski definition) is 2. The average Bonchev–Trinajstić information content (AvgIpc) is 3.52. The topological polar surface area (TPSA) is 101 Å². The van der Waals surface area contributed by atoms with Crippen LogP contribution in [0.2, 0.25) is 0 Å². The van der Waals surface area contributed by atoms with Gasteiger partial charge in [-0.2, -0.15) is 0 Å². The summed E-state index contributed by atoms with van der Waals surface area (Å²) in [5.41, 5.74) is 5.19. The number of anilines is 2. The van der Waals surface area contributed by atoms with Gasteiger partial charge in [0.25, 0.3) is 17.7 Å². The molecular formula is C32H30N6O3. The highest BCUT2D eigenvalue weighted by atomic mass is 16.2. The number of carbonyl (C=O) groups excluding carboxylic acids is 3. The fourth-order valence-electron chi connectivity index (χ4n) is 4.45. The van der Waals surface area contributed by atoms with Crippen molar-refractivity contribution in [1.82, 2.24) is 19.0 Å². The number of benzene rings is 2. The Morgan fingerprint density at radius 2 is 1.37 bits per heavy atom. The number of rotatable bonds is 7. The highest BCUT2D eigenvalue weighted by Crippen LogP contribution is 2.20. The quantitative estimate of drug-likeness (QED) is 0.290. The summed E-state index contributed by atoms with van der Waals surface area (Å²) in [5, 5.41) is 6.75. The van der Waals surface area contributed by atoms with Gasteiger partial charge in [-0.05, 0) is 47.5 Å². The van der Waals surface area contributed by atoms with Crippen LogP contribution < -0.4 is 10.6 Å². The first-order valence-corrected chi connectivity index (χ1v) is 13.0. The lowest BCUT2D eigenvalue weighted by Crippen LogP contribution is -2.23. The van der Waals surface area contributed by atoms with Crippen LogP contribution in [-0.2, 0) is 14.1 Å². The summed E-state index contributed by atoms with van der Waals surface area (Å²) in [4.78, 5) is 44.1. The van der Waals surface area contributed by atoms with Gasteiger partial charge in [-0.15, -0.1) is 0 Å². The maximum atomic E-state index is 12.9. The van der Waals surface area contributed by atoms with Crippen LogP contribution in [0.4, 0.5) is 11.4 Å². The van der Waals surface area contributed by atoms with E-state index in [4.69, 9.17) is 0 Å². The molecule has 5 aromatic rings. The average molecular weight is 547 g/mol. The molecule has 5 rings (SSSR count). The lowest BCUT2D eigenvalue weighted by molar-refractivity contribution is 0.0818. The van der Waals surface area contributed by atoms with Gasteiger partial charge in [0.05, 0.1) is 16.9 Å². The molecular weight excluding hydrogens is 516 g/mol. The molecule has 0 aliphatic rings. The van der Waals surface area contributed by atoms with Gasteiger partial charge in [0.15, 0.2) is 0 Å². The minimum absolute atomic E-state index is 0.164. The molecule has 0 bridgehead atoms. The van der Waals surface area contributed by atoms with E-state index >= 15 is 0 Å². The van der Waals surface area contributed by atoms with Gasteiger partial charge < -0.3 is 24.7 Å². The number of amides is 3. The standard InChI is InChI=1S/C32H30N6O3/c1-36(2)32(41)29-17-26(20-38(29)4)35-31(40)28-16-25(19-37(28)3)34-30(39)23-13-11-21(12-14-23)9-10-22-15-24-7-5-6-8-27(24)33-18-22/h5-20H,1-4H3,(H,34,39)(H,35,40)/b10-9+. The minimum Gasteiger partial charge on any atom is -0.344 e. The van der Waals surface area contributed by atoms with E-state index in [9.17, 15) is 14.4 Å². The van der Waals surface area contributed by atoms with E-state index in [1.54, 1.807) is 74.0 Å². The molecule has 3 heterocycles. The Bertz CT molecular complexity index is 1790. The Balaban J connectivity index is 1.22. The summed E-state index contributed by atoms with van der Waals surface area (Å²) in [5.74, 6) is -0.810. The summed E-state index contributed by atoms with van der Waals surface area (Å²) in [7, 11) is 6.81. The van der Waals surface area contributed by atoms with Gasteiger partial charge in [-0.3, -0.25) is 19.4 Å². The Labute approximate surface area is 237 Å². The molecule has 0 spiro atoms. The predicted molar refractivity (Wildman–Crippen MR) is 162 cm³/mol. The van der Waals surface area contributed by atoms with Crippen molar-refractivity contribution in [3.05, 3.63) is 113 Å². The maximum absolute atomic E-state index is 12.9. The van der Waals surface area contributed by atoms with Crippen molar-refractivity contribution in [2.24, 2.45) is 14.1 Å². The first kappa shape index (κ1) is 27.1. The molecule has 0 saturated carbocycles. The van der Waals surface area contributed by atoms with Crippen molar-refractivity contribution in [2.45, 2.75) is 0 Å². The maximum Gasteiger partial charge on any atom is 0.272 e. The second-order valence-electron chi connectivity index (χ2n) is 9.97. The number of aromatic nitrogens is 3. The van der Waals surface area contributed by atoms with Crippen molar-refractivity contribution in [3.63, 3.8) is 0 Å². The summed E-state index contributed by atoms with van der Waals surface area (Å²) in [6, 6.07) is 20.5. The van der Waals surface area contributed by atoms with E-state index in [2.05, 4.69) is 21.7 Å². The summed E-state index contributed by atoms with van der Waals surface area (Å²) >= 11 is 0. The zero-order chi connectivity index (χ0) is 29.1. The smallest absolute Gasteiger partial charge is 0.272 e. The normalized spacial score (nSPS) is 11.1. The Kier molecular flexibility index (Phi) is 7.51. The molecule has 206 valence electrons. The largest absolute Gasteiger partial charge is 0.344 e. The van der Waals surface area contributed by atoms with Crippen molar-refractivity contribution in [1.29, 1.82) is 0 Å². The summed E-state index contributed by atoms with van der Waals surface area (Å²) in [6.45, 7) is 0. The molecule has 9 nitrogen and oxygen atoms in total. The first-order valence-electron chi connectivity index (χ1n) is 13.0. The first-order chi connectivity index (χ1) is 19.7. The highest BCUT2D eigenvalue weighted by Gasteiger charge is 2.18. The van der Waals surface area contributed by atoms with E-state index in [1.165, 1.54) is 4.90 Å². The van der Waals surface area contributed by atoms with Crippen molar-refractivity contribution >= 4 is 52.2 Å². The Morgan fingerprint density at radius 1 is 0.756 bits per heavy atom. The molecule has 0 radical (unpaired) electrons. The van der Waals surface area contributed by atoms with Crippen LogP contribution in [0.1, 0.15) is 42.5 Å². The van der Waals surface area contributed by atoms with Gasteiger partial charge in [0.2, 0.25) is 0 Å². The van der Waals surface area contributed by atoms with Crippen molar-refractivity contribution in [2.75, 3.05) is 24.7 Å². The van der Waals surface area contributed by atoms with Crippen LogP contribution in [0.5, 0.6) is 0 Å². The van der Waals surface area contributed by atoms with E-state index < -0.39 is 0 Å². The molecule has 3 amide bonds. The molecule has 3 aromatic heterocycles. The van der Waals surface area contributed by atoms with Crippen LogP contribution in [0.25, 0.3) is 23.1 Å². The lowest BCUT2D eigenvalue weighted by Gasteiger charge is -2.09. The van der Waals surface area contributed by atoms with Crippen LogP contribution in [0, 0.1) is 0 Å². The third kappa shape index (κ3) is 6.09. The van der Waals surface area contributed by atoms with E-state index in [0.717, 1.165) is 22.0 Å². The zero-order valence-corrected chi connectivity index (χ0v) is 23.3. The monoisotopic (exact) mass is 546 g/mol. The van der Waals surface area contributed by atoms with Crippen LogP contribution >= 0.6 is 0 Å². The van der Waals surface area contributed by atoms with Crippen molar-refractivity contribution in [3.8, 4) is 0 Å². The minimum atomic E-state index is -0.361. The number of hydrogen-bond acceptors (Lipinski definition) is 4. The number of para-hydroxylation sites is 1. The molecule has 0 aliphatic carbocycles. The van der Waals surface area contributed by atoms with E-state index in [1.807, 2.05) is 54.7 Å². The third-order valence-electron chi connectivity index (χ3n) is 6.64. The van der Waals surface area contributed by atoms with Gasteiger partial charge in [0, 0.05) is 57.7 Å². The predicted octanol–water partition coefficient (Wildman–Crippen LogP) is 5.29. The van der Waals surface area contributed by atoms with Gasteiger partial charge >= 0.3 is 0 Å². The Morgan fingerprint density at radius 3 is 2.07 bits per heavy atom. The number of aryl methyl sites for hydroxylation is 2. The number of nitrogens with zero attached hydrogens (tertiary/aromatic N) is 4. The van der Waals surface area contributed by atoms with Gasteiger partial charge in [-0.1, -0.05) is 42.5 Å². The number of pyridine rings is 1. The van der Waals surface area contributed by atoms with Crippen LogP contribution in [-0.4, -0.2) is 50.8 Å². The number of fused-ring (bicyclic) bond motifs is 1. The van der Waals surface area contributed by atoms with Crippen LogP contribution in [0.3, 0.4) is 0 Å². The van der Waals surface area contributed by atoms with E-state index in [-0.39, 0.29) is 17.7 Å². The van der Waals surface area contributed by atoms with E-state index in [0.29, 0.717) is 28.3 Å². The summed E-state index contributed by atoms with van der Waals surface area (Å²) < 4.78 is 3.30. The molecule has 9 heteroatoms. The molecule has 2 N–H and O–H groups in total. The lowest BCUT2D eigenvalue weighted by atomic mass is 10.1. The van der Waals surface area contributed by atoms with Crippen LogP contribution in [0.15, 0.2) is 85.3 Å². The fraction of sp³-hybridized carbons (Fsp3) is 0.125. The molecule has 0 saturated heterocycles. The molecule has 0 atom stereocenters. The molecule has 0 fully saturated rings. The number of carbonyl (C=O) groups is 3. The highest BCUT2D eigenvalue weighted by molar-refractivity contribution is 6.07. The summed E-state index contributed by atoms with van der Waals surface area (Å²) in [6.07, 6.45) is 9.15. The van der Waals surface area contributed by atoms with Crippen molar-refractivity contribution < 1.29 is 14.4 Å². The molecule has 41 heavy (non-hydrogen) atoms. The number of nitrogens with one attached hydrogen (secondary N) is 2. The third-order valence-corrected chi connectivity index (χ3v) is 6.64. The fourth-order valence-corrected chi connectivity index (χ4v) is 4.45. The molecule has 2 aromatic carbocycles. The van der Waals surface area contributed by atoms with Gasteiger partial charge in [-0.25, -0.2) is 0 Å². The zero-order valence-electron chi connectivity index (χ0n) is 23.3. The molecule has 0 unspecified atom stereocenters. The second kappa shape index (κ2) is 11.4.